The minimum Gasteiger partial charge on any atom is -0.352 e. The molecule has 1 aliphatic heterocycles. The van der Waals surface area contributed by atoms with Crippen molar-refractivity contribution in [3.63, 3.8) is 0 Å². The predicted octanol–water partition coefficient (Wildman–Crippen LogP) is 2.84. The summed E-state index contributed by atoms with van der Waals surface area (Å²) in [7, 11) is 0. The molecule has 1 aliphatic rings. The van der Waals surface area contributed by atoms with Crippen molar-refractivity contribution in [1.82, 2.24) is 10.6 Å². The molecular weight excluding hydrogens is 337 g/mol. The standard InChI is InChI=1S/C16H22ClN3O2.ClH/c1-3-18-16(22)13-9-12(17)4-5-14(13)20-15(21)11-6-7-19-10(2)8-11;/h4-5,9-11,19H,3,6-8H2,1-2H3,(H,18,22)(H,20,21);1H/t10-,11-;/m0./s1. The van der Waals surface area contributed by atoms with Crippen LogP contribution in [0.15, 0.2) is 18.2 Å². The fourth-order valence-corrected chi connectivity index (χ4v) is 2.85. The number of amides is 2. The first kappa shape index (κ1) is 19.7. The van der Waals surface area contributed by atoms with Crippen LogP contribution < -0.4 is 16.0 Å². The van der Waals surface area contributed by atoms with Crippen LogP contribution in [0.2, 0.25) is 5.02 Å². The molecule has 2 amide bonds. The molecule has 0 radical (unpaired) electrons. The lowest BCUT2D eigenvalue weighted by Gasteiger charge is -2.27. The number of benzene rings is 1. The number of anilines is 1. The van der Waals surface area contributed by atoms with E-state index in [2.05, 4.69) is 22.9 Å². The van der Waals surface area contributed by atoms with Crippen molar-refractivity contribution in [2.45, 2.75) is 32.7 Å². The lowest BCUT2D eigenvalue weighted by Crippen LogP contribution is -2.40. The minimum absolute atomic E-state index is 0. The molecule has 23 heavy (non-hydrogen) atoms. The van der Waals surface area contributed by atoms with Gasteiger partial charge in [0, 0.05) is 23.5 Å². The molecule has 2 rings (SSSR count). The average molecular weight is 360 g/mol. The van der Waals surface area contributed by atoms with Gasteiger partial charge in [0.2, 0.25) is 5.91 Å². The molecule has 1 heterocycles. The maximum absolute atomic E-state index is 12.4. The van der Waals surface area contributed by atoms with Crippen molar-refractivity contribution in [2.24, 2.45) is 5.92 Å². The van der Waals surface area contributed by atoms with E-state index in [4.69, 9.17) is 11.6 Å². The van der Waals surface area contributed by atoms with Crippen molar-refractivity contribution in [3.8, 4) is 0 Å². The second-order valence-electron chi connectivity index (χ2n) is 5.62. The molecule has 7 heteroatoms. The molecule has 0 bridgehead atoms. The number of halogens is 2. The van der Waals surface area contributed by atoms with E-state index in [1.54, 1.807) is 18.2 Å². The largest absolute Gasteiger partial charge is 0.352 e. The lowest BCUT2D eigenvalue weighted by atomic mass is 9.92. The van der Waals surface area contributed by atoms with Gasteiger partial charge in [0.25, 0.3) is 5.91 Å². The Hall–Kier alpha value is -1.30. The van der Waals surface area contributed by atoms with Crippen LogP contribution in [-0.2, 0) is 4.79 Å². The Morgan fingerprint density at radius 3 is 2.78 bits per heavy atom. The van der Waals surface area contributed by atoms with Crippen LogP contribution in [0.4, 0.5) is 5.69 Å². The molecule has 1 fully saturated rings. The SMILES string of the molecule is CCNC(=O)c1cc(Cl)ccc1NC(=O)[C@H]1CCN[C@@H](C)C1.Cl. The smallest absolute Gasteiger partial charge is 0.253 e. The minimum atomic E-state index is -0.237. The second-order valence-corrected chi connectivity index (χ2v) is 6.05. The third-order valence-corrected chi connectivity index (χ3v) is 4.05. The fraction of sp³-hybridized carbons (Fsp3) is 0.500. The van der Waals surface area contributed by atoms with Crippen LogP contribution in [0.5, 0.6) is 0 Å². The quantitative estimate of drug-likeness (QED) is 0.773. The molecule has 1 aromatic rings. The first-order chi connectivity index (χ1) is 10.5. The lowest BCUT2D eigenvalue weighted by molar-refractivity contribution is -0.120. The second kappa shape index (κ2) is 9.11. The third-order valence-electron chi connectivity index (χ3n) is 3.82. The molecule has 0 unspecified atom stereocenters. The van der Waals surface area contributed by atoms with Crippen LogP contribution in [-0.4, -0.2) is 30.9 Å². The van der Waals surface area contributed by atoms with Gasteiger partial charge in [-0.3, -0.25) is 9.59 Å². The maximum Gasteiger partial charge on any atom is 0.253 e. The van der Waals surface area contributed by atoms with Gasteiger partial charge >= 0.3 is 0 Å². The highest BCUT2D eigenvalue weighted by atomic mass is 35.5. The van der Waals surface area contributed by atoms with Crippen LogP contribution >= 0.6 is 24.0 Å². The van der Waals surface area contributed by atoms with Crippen LogP contribution in [0.3, 0.4) is 0 Å². The van der Waals surface area contributed by atoms with E-state index < -0.39 is 0 Å². The molecule has 2 atom stereocenters. The summed E-state index contributed by atoms with van der Waals surface area (Å²) in [4.78, 5) is 24.5. The van der Waals surface area contributed by atoms with Crippen molar-refractivity contribution in [1.29, 1.82) is 0 Å². The normalized spacial score (nSPS) is 20.3. The van der Waals surface area contributed by atoms with Crippen molar-refractivity contribution in [3.05, 3.63) is 28.8 Å². The number of carbonyl (C=O) groups excluding carboxylic acids is 2. The van der Waals surface area contributed by atoms with Gasteiger partial charge in [-0.2, -0.15) is 0 Å². The van der Waals surface area contributed by atoms with Gasteiger partial charge in [-0.05, 0) is 51.4 Å². The zero-order valence-corrected chi connectivity index (χ0v) is 14.9. The Kier molecular flexibility index (Phi) is 7.82. The molecule has 3 N–H and O–H groups in total. The summed E-state index contributed by atoms with van der Waals surface area (Å²) in [5.41, 5.74) is 0.899. The third kappa shape index (κ3) is 5.37. The monoisotopic (exact) mass is 359 g/mol. The van der Waals surface area contributed by atoms with Crippen LogP contribution in [0, 0.1) is 5.92 Å². The molecule has 0 aliphatic carbocycles. The molecule has 0 saturated carbocycles. The molecule has 128 valence electrons. The van der Waals surface area contributed by atoms with Crippen molar-refractivity contribution >= 4 is 41.5 Å². The highest BCUT2D eigenvalue weighted by Crippen LogP contribution is 2.23. The summed E-state index contributed by atoms with van der Waals surface area (Å²) in [6, 6.07) is 5.26. The number of hydrogen-bond acceptors (Lipinski definition) is 3. The number of nitrogens with one attached hydrogen (secondary N) is 3. The van der Waals surface area contributed by atoms with E-state index in [9.17, 15) is 9.59 Å². The van der Waals surface area contributed by atoms with Gasteiger partial charge < -0.3 is 16.0 Å². The molecule has 5 nitrogen and oxygen atoms in total. The number of rotatable bonds is 4. The highest BCUT2D eigenvalue weighted by molar-refractivity contribution is 6.31. The summed E-state index contributed by atoms with van der Waals surface area (Å²) in [5.74, 6) is -0.311. The average Bonchev–Trinajstić information content (AvgIpc) is 2.49. The predicted molar refractivity (Wildman–Crippen MR) is 95.5 cm³/mol. The molecule has 1 aromatic carbocycles. The van der Waals surface area contributed by atoms with Gasteiger partial charge in [0.05, 0.1) is 11.3 Å². The zero-order valence-electron chi connectivity index (χ0n) is 13.3. The fourth-order valence-electron chi connectivity index (χ4n) is 2.67. The van der Waals surface area contributed by atoms with Crippen molar-refractivity contribution < 1.29 is 9.59 Å². The first-order valence-electron chi connectivity index (χ1n) is 7.63. The number of hydrogen-bond donors (Lipinski definition) is 3. The topological polar surface area (TPSA) is 70.2 Å². The Morgan fingerprint density at radius 1 is 1.39 bits per heavy atom. The highest BCUT2D eigenvalue weighted by Gasteiger charge is 2.25. The Morgan fingerprint density at radius 2 is 2.13 bits per heavy atom. The summed E-state index contributed by atoms with van der Waals surface area (Å²) in [6.07, 6.45) is 1.61. The van der Waals surface area contributed by atoms with Crippen LogP contribution in [0.1, 0.15) is 37.0 Å². The zero-order chi connectivity index (χ0) is 16.1. The van der Waals surface area contributed by atoms with E-state index in [1.165, 1.54) is 0 Å². The van der Waals surface area contributed by atoms with E-state index in [1.807, 2.05) is 6.92 Å². The number of piperidine rings is 1. The maximum atomic E-state index is 12.4. The molecule has 1 saturated heterocycles. The van der Waals surface area contributed by atoms with Crippen LogP contribution in [0.25, 0.3) is 0 Å². The van der Waals surface area contributed by atoms with E-state index in [-0.39, 0.29) is 30.1 Å². The van der Waals surface area contributed by atoms with E-state index >= 15 is 0 Å². The summed E-state index contributed by atoms with van der Waals surface area (Å²) < 4.78 is 0. The Bertz CT molecular complexity index is 566. The van der Waals surface area contributed by atoms with Gasteiger partial charge in [0.1, 0.15) is 0 Å². The van der Waals surface area contributed by atoms with E-state index in [0.717, 1.165) is 19.4 Å². The van der Waals surface area contributed by atoms with Gasteiger partial charge in [-0.1, -0.05) is 11.6 Å². The van der Waals surface area contributed by atoms with Gasteiger partial charge in [-0.15, -0.1) is 12.4 Å². The number of carbonyl (C=O) groups is 2. The Labute approximate surface area is 148 Å². The summed E-state index contributed by atoms with van der Waals surface area (Å²) in [5, 5.41) is 9.40. The summed E-state index contributed by atoms with van der Waals surface area (Å²) in [6.45, 7) is 5.27. The molecule has 0 spiro atoms. The first-order valence-corrected chi connectivity index (χ1v) is 8.01. The van der Waals surface area contributed by atoms with Gasteiger partial charge in [-0.25, -0.2) is 0 Å². The molecule has 0 aromatic heterocycles. The van der Waals surface area contributed by atoms with Gasteiger partial charge in [0.15, 0.2) is 0 Å². The van der Waals surface area contributed by atoms with Crippen molar-refractivity contribution in [2.75, 3.05) is 18.4 Å². The van der Waals surface area contributed by atoms with E-state index in [0.29, 0.717) is 28.9 Å². The molecular formula is C16H23Cl2N3O2. The summed E-state index contributed by atoms with van der Waals surface area (Å²) >= 11 is 5.96. The Balaban J connectivity index is 0.00000264.